The number of halogens is 1. The van der Waals surface area contributed by atoms with Crippen LogP contribution in [0.4, 0.5) is 0 Å². The lowest BCUT2D eigenvalue weighted by Gasteiger charge is -2.16. The average Bonchev–Trinajstić information content (AvgIpc) is 2.95. The van der Waals surface area contributed by atoms with Crippen LogP contribution in [0, 0.1) is 0 Å². The van der Waals surface area contributed by atoms with Crippen LogP contribution in [0.2, 0.25) is 0 Å². The van der Waals surface area contributed by atoms with Crippen LogP contribution in [0.3, 0.4) is 0 Å². The molecule has 0 bridgehead atoms. The molecule has 0 atom stereocenters. The van der Waals surface area contributed by atoms with Crippen molar-refractivity contribution in [2.45, 2.75) is 5.92 Å². The Morgan fingerprint density at radius 1 is 0.789 bits per heavy atom. The van der Waals surface area contributed by atoms with Gasteiger partial charge in [0.15, 0.2) is 0 Å². The smallest absolute Gasteiger partial charge is 0.0922 e. The highest BCUT2D eigenvalue weighted by Gasteiger charge is 2.16. The topological polar surface area (TPSA) is 28.7 Å². The maximum absolute atomic E-state index is 4.14. The summed E-state index contributed by atoms with van der Waals surface area (Å²) in [5.74, 6) is 0.217. The van der Waals surface area contributed by atoms with E-state index in [9.17, 15) is 0 Å². The minimum absolute atomic E-state index is 0. The third kappa shape index (κ3) is 2.85. The van der Waals surface area contributed by atoms with Gasteiger partial charge in [0.1, 0.15) is 0 Å². The maximum Gasteiger partial charge on any atom is 0.0922 e. The quantitative estimate of drug-likeness (QED) is 0.765. The van der Waals surface area contributed by atoms with Gasteiger partial charge in [0.2, 0.25) is 0 Å². The van der Waals surface area contributed by atoms with Crippen molar-refractivity contribution in [1.82, 2.24) is 9.97 Å². The van der Waals surface area contributed by atoms with Crippen molar-refractivity contribution < 1.29 is 0 Å². The lowest BCUT2D eigenvalue weighted by Crippen LogP contribution is -2.03. The Bertz CT molecular complexity index is 552. The predicted molar refractivity (Wildman–Crippen MR) is 79.7 cm³/mol. The number of aromatic amines is 1. The Labute approximate surface area is 118 Å². The van der Waals surface area contributed by atoms with Gasteiger partial charge in [-0.2, -0.15) is 0 Å². The Morgan fingerprint density at radius 3 is 1.74 bits per heavy atom. The molecule has 19 heavy (non-hydrogen) atoms. The summed E-state index contributed by atoms with van der Waals surface area (Å²) in [5.41, 5.74) is 3.66. The van der Waals surface area contributed by atoms with Gasteiger partial charge in [0, 0.05) is 11.9 Å². The molecule has 2 aromatic carbocycles. The number of hydrogen-bond acceptors (Lipinski definition) is 1. The number of rotatable bonds is 3. The Kier molecular flexibility index (Phi) is 4.37. The summed E-state index contributed by atoms with van der Waals surface area (Å²) in [5, 5.41) is 0. The Morgan fingerprint density at radius 2 is 1.32 bits per heavy atom. The maximum atomic E-state index is 4.14. The fourth-order valence-corrected chi connectivity index (χ4v) is 2.27. The molecule has 1 aromatic heterocycles. The number of H-pyrrole nitrogens is 1. The van der Waals surface area contributed by atoms with Gasteiger partial charge < -0.3 is 4.98 Å². The predicted octanol–water partition coefficient (Wildman–Crippen LogP) is 4.01. The summed E-state index contributed by atoms with van der Waals surface area (Å²) in [6, 6.07) is 21.0. The van der Waals surface area contributed by atoms with Crippen LogP contribution in [0.1, 0.15) is 22.7 Å². The van der Waals surface area contributed by atoms with Crippen LogP contribution in [0.5, 0.6) is 0 Å². The van der Waals surface area contributed by atoms with Gasteiger partial charge in [0.05, 0.1) is 12.2 Å². The van der Waals surface area contributed by atoms with Gasteiger partial charge in [-0.25, -0.2) is 4.98 Å². The summed E-state index contributed by atoms with van der Waals surface area (Å²) >= 11 is 0. The number of nitrogens with one attached hydrogen (secondary N) is 1. The summed E-state index contributed by atoms with van der Waals surface area (Å²) in [7, 11) is 0. The molecule has 96 valence electrons. The first-order valence-electron chi connectivity index (χ1n) is 6.03. The molecule has 1 heterocycles. The van der Waals surface area contributed by atoms with Crippen LogP contribution in [-0.4, -0.2) is 9.97 Å². The zero-order valence-electron chi connectivity index (χ0n) is 10.4. The summed E-state index contributed by atoms with van der Waals surface area (Å²) in [6.07, 6.45) is 3.62. The minimum Gasteiger partial charge on any atom is -0.348 e. The molecule has 3 heteroatoms. The first-order chi connectivity index (χ1) is 8.95. The van der Waals surface area contributed by atoms with Gasteiger partial charge in [0.25, 0.3) is 0 Å². The lowest BCUT2D eigenvalue weighted by atomic mass is 9.89. The second-order valence-electron chi connectivity index (χ2n) is 4.26. The molecule has 2 nitrogen and oxygen atoms in total. The molecule has 0 spiro atoms. The molecule has 0 aliphatic rings. The van der Waals surface area contributed by atoms with Crippen LogP contribution in [0.25, 0.3) is 0 Å². The van der Waals surface area contributed by atoms with Gasteiger partial charge in [-0.15, -0.1) is 12.4 Å². The van der Waals surface area contributed by atoms with Gasteiger partial charge in [-0.1, -0.05) is 60.7 Å². The van der Waals surface area contributed by atoms with E-state index in [4.69, 9.17) is 0 Å². The molecule has 0 saturated carbocycles. The van der Waals surface area contributed by atoms with Gasteiger partial charge in [-0.05, 0) is 11.1 Å². The fraction of sp³-hybridized carbons (Fsp3) is 0.0625. The van der Waals surface area contributed by atoms with E-state index in [2.05, 4.69) is 58.5 Å². The zero-order valence-corrected chi connectivity index (χ0v) is 11.2. The van der Waals surface area contributed by atoms with Crippen molar-refractivity contribution in [1.29, 1.82) is 0 Å². The number of nitrogens with zero attached hydrogens (tertiary/aromatic N) is 1. The molecular weight excluding hydrogens is 256 g/mol. The molecule has 0 aliphatic carbocycles. The van der Waals surface area contributed by atoms with E-state index in [1.165, 1.54) is 11.1 Å². The Hall–Kier alpha value is -2.06. The zero-order chi connectivity index (χ0) is 12.2. The van der Waals surface area contributed by atoms with E-state index in [0.29, 0.717) is 0 Å². The lowest BCUT2D eigenvalue weighted by molar-refractivity contribution is 0.933. The Balaban J connectivity index is 0.00000133. The van der Waals surface area contributed by atoms with E-state index in [1.54, 1.807) is 6.33 Å². The van der Waals surface area contributed by atoms with Crippen LogP contribution < -0.4 is 0 Å². The highest BCUT2D eigenvalue weighted by Crippen LogP contribution is 2.29. The fourth-order valence-electron chi connectivity index (χ4n) is 2.27. The molecule has 0 saturated heterocycles. The number of imidazole rings is 1. The number of hydrogen-bond donors (Lipinski definition) is 1. The van der Waals surface area contributed by atoms with Crippen molar-refractivity contribution in [3.63, 3.8) is 0 Å². The van der Waals surface area contributed by atoms with Crippen LogP contribution in [-0.2, 0) is 0 Å². The van der Waals surface area contributed by atoms with Crippen LogP contribution in [0.15, 0.2) is 73.2 Å². The monoisotopic (exact) mass is 270 g/mol. The molecular formula is C16H15ClN2. The van der Waals surface area contributed by atoms with Crippen molar-refractivity contribution in [3.8, 4) is 0 Å². The molecule has 0 radical (unpaired) electrons. The van der Waals surface area contributed by atoms with E-state index in [1.807, 2.05) is 18.3 Å². The molecule has 0 aliphatic heterocycles. The molecule has 0 fully saturated rings. The molecule has 1 N–H and O–H groups in total. The van der Waals surface area contributed by atoms with E-state index >= 15 is 0 Å². The first-order valence-corrected chi connectivity index (χ1v) is 6.03. The molecule has 0 unspecified atom stereocenters. The van der Waals surface area contributed by atoms with Crippen molar-refractivity contribution in [2.24, 2.45) is 0 Å². The van der Waals surface area contributed by atoms with E-state index in [0.717, 1.165) is 5.69 Å². The summed E-state index contributed by atoms with van der Waals surface area (Å²) in [6.45, 7) is 0. The first kappa shape index (κ1) is 13.4. The highest BCUT2D eigenvalue weighted by molar-refractivity contribution is 5.85. The van der Waals surface area contributed by atoms with E-state index < -0.39 is 0 Å². The minimum atomic E-state index is 0. The van der Waals surface area contributed by atoms with Gasteiger partial charge >= 0.3 is 0 Å². The molecule has 0 amide bonds. The van der Waals surface area contributed by atoms with E-state index in [-0.39, 0.29) is 18.3 Å². The number of aromatic nitrogens is 2. The standard InChI is InChI=1S/C16H14N2.ClH/c1-3-7-13(8-4-1)16(15-11-17-12-18-15)14-9-5-2-6-10-14;/h1-12,16H,(H,17,18);1H. The highest BCUT2D eigenvalue weighted by atomic mass is 35.5. The SMILES string of the molecule is Cl.c1ccc(C(c2ccccc2)c2cnc[nH]2)cc1. The van der Waals surface area contributed by atoms with Crippen LogP contribution >= 0.6 is 12.4 Å². The van der Waals surface area contributed by atoms with Crippen molar-refractivity contribution in [3.05, 3.63) is 90.0 Å². The van der Waals surface area contributed by atoms with Gasteiger partial charge in [-0.3, -0.25) is 0 Å². The third-order valence-electron chi connectivity index (χ3n) is 3.10. The normalized spacial score (nSPS) is 10.2. The average molecular weight is 271 g/mol. The number of benzene rings is 2. The summed E-state index contributed by atoms with van der Waals surface area (Å²) < 4.78 is 0. The third-order valence-corrected chi connectivity index (χ3v) is 3.10. The van der Waals surface area contributed by atoms with Crippen molar-refractivity contribution in [2.75, 3.05) is 0 Å². The second kappa shape index (κ2) is 6.21. The summed E-state index contributed by atoms with van der Waals surface area (Å²) in [4.78, 5) is 7.36. The van der Waals surface area contributed by atoms with Crippen molar-refractivity contribution >= 4 is 12.4 Å². The largest absolute Gasteiger partial charge is 0.348 e. The molecule has 3 aromatic rings. The molecule has 3 rings (SSSR count). The second-order valence-corrected chi connectivity index (χ2v) is 4.26.